The molecule has 0 radical (unpaired) electrons. The van der Waals surface area contributed by atoms with Crippen molar-refractivity contribution in [3.8, 4) is 11.4 Å². The molecule has 15 heteroatoms. The standard InChI is InChI=1S/C34H45N11O4/c1-3-41-15-17-42(18-16-41)30(46)26-7-11-28(12-8-26)37-33(47)36-27-9-5-25(6-10-27)29-38-31(40-32(39-29)44-21-23-49-24-22-44)43-13-4-14-45(20-19-43)34(48)35-2/h5-12H,3-4,13-24H2,1-2H3,(H,35,48)(H2,36,37,47). The Morgan fingerprint density at radius 1 is 0.694 bits per heavy atom. The van der Waals surface area contributed by atoms with E-state index < -0.39 is 6.03 Å². The Balaban J connectivity index is 1.10. The predicted molar refractivity (Wildman–Crippen MR) is 188 cm³/mol. The van der Waals surface area contributed by atoms with Gasteiger partial charge in [-0.25, -0.2) is 9.59 Å². The molecule has 3 aliphatic heterocycles. The Hall–Kier alpha value is -5.02. The molecule has 3 N–H and O–H groups in total. The molecule has 3 aliphatic rings. The number of morpholine rings is 1. The number of hydrogen-bond acceptors (Lipinski definition) is 10. The molecular formula is C34H45N11O4. The van der Waals surface area contributed by atoms with Crippen LogP contribution in [0.15, 0.2) is 48.5 Å². The lowest BCUT2D eigenvalue weighted by molar-refractivity contribution is 0.0643. The van der Waals surface area contributed by atoms with Crippen molar-refractivity contribution in [1.29, 1.82) is 0 Å². The minimum absolute atomic E-state index is 0.00768. The molecule has 0 atom stereocenters. The molecule has 0 aliphatic carbocycles. The van der Waals surface area contributed by atoms with Gasteiger partial charge < -0.3 is 45.2 Å². The first kappa shape index (κ1) is 33.9. The fourth-order valence-corrected chi connectivity index (χ4v) is 6.15. The summed E-state index contributed by atoms with van der Waals surface area (Å²) < 4.78 is 5.55. The maximum Gasteiger partial charge on any atom is 0.323 e. The predicted octanol–water partition coefficient (Wildman–Crippen LogP) is 2.65. The van der Waals surface area contributed by atoms with E-state index in [0.29, 0.717) is 87.1 Å². The van der Waals surface area contributed by atoms with Crippen molar-refractivity contribution in [1.82, 2.24) is 35.0 Å². The highest BCUT2D eigenvalue weighted by Crippen LogP contribution is 2.25. The molecular weight excluding hydrogens is 626 g/mol. The van der Waals surface area contributed by atoms with E-state index >= 15 is 0 Å². The number of anilines is 4. The molecule has 49 heavy (non-hydrogen) atoms. The zero-order valence-corrected chi connectivity index (χ0v) is 28.2. The van der Waals surface area contributed by atoms with Crippen molar-refractivity contribution in [2.75, 3.05) is 113 Å². The zero-order valence-electron chi connectivity index (χ0n) is 28.2. The summed E-state index contributed by atoms with van der Waals surface area (Å²) in [6.07, 6.45) is 0.794. The van der Waals surface area contributed by atoms with Gasteiger partial charge in [0, 0.05) is 95.0 Å². The summed E-state index contributed by atoms with van der Waals surface area (Å²) in [5, 5.41) is 8.42. The largest absolute Gasteiger partial charge is 0.378 e. The molecule has 0 spiro atoms. The summed E-state index contributed by atoms with van der Waals surface area (Å²) in [4.78, 5) is 62.7. The molecule has 260 valence electrons. The second-order valence-electron chi connectivity index (χ2n) is 12.2. The first-order valence-electron chi connectivity index (χ1n) is 17.0. The number of urea groups is 2. The summed E-state index contributed by atoms with van der Waals surface area (Å²) >= 11 is 0. The molecule has 5 amide bonds. The lowest BCUT2D eigenvalue weighted by atomic mass is 10.1. The van der Waals surface area contributed by atoms with Gasteiger partial charge in [0.05, 0.1) is 13.2 Å². The van der Waals surface area contributed by atoms with Crippen LogP contribution in [0.2, 0.25) is 0 Å². The average Bonchev–Trinajstić information content (AvgIpc) is 3.42. The van der Waals surface area contributed by atoms with Crippen molar-refractivity contribution in [3.05, 3.63) is 54.1 Å². The van der Waals surface area contributed by atoms with Crippen molar-refractivity contribution in [2.45, 2.75) is 13.3 Å². The molecule has 6 rings (SSSR count). The number of piperazine rings is 1. The summed E-state index contributed by atoms with van der Waals surface area (Å²) in [5.41, 5.74) is 2.57. The number of benzene rings is 2. The van der Waals surface area contributed by atoms with Crippen LogP contribution >= 0.6 is 0 Å². The Morgan fingerprint density at radius 2 is 1.29 bits per heavy atom. The average molecular weight is 672 g/mol. The number of hydrogen-bond donors (Lipinski definition) is 3. The Labute approximate surface area is 286 Å². The third-order valence-electron chi connectivity index (χ3n) is 9.08. The molecule has 15 nitrogen and oxygen atoms in total. The van der Waals surface area contributed by atoms with Crippen LogP contribution in [0, 0.1) is 0 Å². The molecule has 3 fully saturated rings. The number of carbonyl (C=O) groups is 3. The van der Waals surface area contributed by atoms with E-state index in [4.69, 9.17) is 19.7 Å². The SMILES string of the molecule is CCN1CCN(C(=O)c2ccc(NC(=O)Nc3ccc(-c4nc(N5CCOCC5)nc(N5CCCN(C(=O)NC)CC5)n4)cc3)cc2)CC1. The Kier molecular flexibility index (Phi) is 11.0. The first-order chi connectivity index (χ1) is 23.9. The first-order valence-corrected chi connectivity index (χ1v) is 17.0. The monoisotopic (exact) mass is 671 g/mol. The maximum absolute atomic E-state index is 12.9. The van der Waals surface area contributed by atoms with E-state index in [-0.39, 0.29) is 11.9 Å². The van der Waals surface area contributed by atoms with E-state index in [9.17, 15) is 14.4 Å². The number of carbonyl (C=O) groups excluding carboxylic acids is 3. The van der Waals surface area contributed by atoms with Crippen molar-refractivity contribution in [2.24, 2.45) is 0 Å². The molecule has 0 bridgehead atoms. The van der Waals surface area contributed by atoms with Crippen LogP contribution in [-0.4, -0.2) is 140 Å². The van der Waals surface area contributed by atoms with Gasteiger partial charge in [0.1, 0.15) is 0 Å². The number of aromatic nitrogens is 3. The smallest absolute Gasteiger partial charge is 0.323 e. The van der Waals surface area contributed by atoms with E-state index in [2.05, 4.69) is 37.6 Å². The maximum atomic E-state index is 12.9. The van der Waals surface area contributed by atoms with E-state index in [1.807, 2.05) is 17.0 Å². The number of nitrogens with one attached hydrogen (secondary N) is 3. The second kappa shape index (κ2) is 15.9. The number of ether oxygens (including phenoxy) is 1. The minimum atomic E-state index is -0.397. The topological polar surface area (TPSA) is 151 Å². The van der Waals surface area contributed by atoms with Crippen LogP contribution < -0.4 is 25.8 Å². The van der Waals surface area contributed by atoms with E-state index in [1.165, 1.54) is 0 Å². The van der Waals surface area contributed by atoms with Gasteiger partial charge in [-0.3, -0.25) is 4.79 Å². The van der Waals surface area contributed by atoms with Gasteiger partial charge >= 0.3 is 12.1 Å². The number of nitrogens with zero attached hydrogens (tertiary/aromatic N) is 8. The number of rotatable bonds is 7. The number of amides is 5. The third kappa shape index (κ3) is 8.53. The van der Waals surface area contributed by atoms with Crippen molar-refractivity contribution >= 4 is 41.2 Å². The minimum Gasteiger partial charge on any atom is -0.378 e. The lowest BCUT2D eigenvalue weighted by Gasteiger charge is -2.34. The fraction of sp³-hybridized carbons (Fsp3) is 0.471. The lowest BCUT2D eigenvalue weighted by Crippen LogP contribution is -2.48. The molecule has 3 aromatic rings. The molecule has 0 saturated carbocycles. The number of likely N-dealkylation sites (N-methyl/N-ethyl adjacent to an activating group) is 1. The Bertz CT molecular complexity index is 1590. The van der Waals surface area contributed by atoms with E-state index in [1.54, 1.807) is 48.3 Å². The molecule has 0 unspecified atom stereocenters. The van der Waals surface area contributed by atoms with E-state index in [0.717, 1.165) is 44.7 Å². The summed E-state index contributed by atoms with van der Waals surface area (Å²) in [6, 6.07) is 13.8. The van der Waals surface area contributed by atoms with Gasteiger partial charge in [0.2, 0.25) is 11.9 Å². The highest BCUT2D eigenvalue weighted by Gasteiger charge is 2.24. The van der Waals surface area contributed by atoms with Gasteiger partial charge in [-0.15, -0.1) is 0 Å². The summed E-state index contributed by atoms with van der Waals surface area (Å²) in [7, 11) is 1.64. The van der Waals surface area contributed by atoms with Gasteiger partial charge in [-0.1, -0.05) is 6.92 Å². The zero-order chi connectivity index (χ0) is 34.2. The van der Waals surface area contributed by atoms with Gasteiger partial charge in [0.15, 0.2) is 5.82 Å². The third-order valence-corrected chi connectivity index (χ3v) is 9.08. The van der Waals surface area contributed by atoms with Crippen molar-refractivity contribution < 1.29 is 19.1 Å². The van der Waals surface area contributed by atoms with Gasteiger partial charge in [0.25, 0.3) is 5.91 Å². The highest BCUT2D eigenvalue weighted by molar-refractivity contribution is 6.00. The van der Waals surface area contributed by atoms with Gasteiger partial charge in [-0.2, -0.15) is 15.0 Å². The van der Waals surface area contributed by atoms with Crippen LogP contribution in [0.25, 0.3) is 11.4 Å². The van der Waals surface area contributed by atoms with Crippen molar-refractivity contribution in [3.63, 3.8) is 0 Å². The van der Waals surface area contributed by atoms with Crippen LogP contribution in [-0.2, 0) is 4.74 Å². The normalized spacial score (nSPS) is 17.3. The van der Waals surface area contributed by atoms with Crippen LogP contribution in [0.1, 0.15) is 23.7 Å². The fourth-order valence-electron chi connectivity index (χ4n) is 6.15. The Morgan fingerprint density at radius 3 is 1.90 bits per heavy atom. The summed E-state index contributed by atoms with van der Waals surface area (Å²) in [6.45, 7) is 11.4. The van der Waals surface area contributed by atoms with Crippen LogP contribution in [0.5, 0.6) is 0 Å². The van der Waals surface area contributed by atoms with Gasteiger partial charge in [-0.05, 0) is 61.5 Å². The van der Waals surface area contributed by atoms with Crippen LogP contribution in [0.4, 0.5) is 32.9 Å². The molecule has 4 heterocycles. The molecule has 3 saturated heterocycles. The molecule has 2 aromatic carbocycles. The summed E-state index contributed by atoms with van der Waals surface area (Å²) in [5.74, 6) is 1.69. The quantitative estimate of drug-likeness (QED) is 0.342. The van der Waals surface area contributed by atoms with Crippen LogP contribution in [0.3, 0.4) is 0 Å². The molecule has 1 aromatic heterocycles. The second-order valence-corrected chi connectivity index (χ2v) is 12.2. The highest BCUT2D eigenvalue weighted by atomic mass is 16.5.